The van der Waals surface area contributed by atoms with Gasteiger partial charge in [-0.1, -0.05) is 0 Å². The Morgan fingerprint density at radius 2 is 1.83 bits per heavy atom. The first kappa shape index (κ1) is 20.4. The van der Waals surface area contributed by atoms with Gasteiger partial charge in [0.15, 0.2) is 5.83 Å². The molecule has 4 atom stereocenters. The summed E-state index contributed by atoms with van der Waals surface area (Å²) in [7, 11) is 0. The summed E-state index contributed by atoms with van der Waals surface area (Å²) in [6, 6.07) is -0.411. The molecule has 160 valence electrons. The first-order chi connectivity index (χ1) is 13.6. The molecule has 2 heterocycles. The average Bonchev–Trinajstić information content (AvgIpc) is 3.08. The number of hydrogen-bond acceptors (Lipinski definition) is 4. The highest BCUT2D eigenvalue weighted by Crippen LogP contribution is 2.42. The Kier molecular flexibility index (Phi) is 5.22. The monoisotopic (exact) mass is 421 g/mol. The highest BCUT2D eigenvalue weighted by molar-refractivity contribution is 5.26. The van der Waals surface area contributed by atoms with Crippen molar-refractivity contribution in [2.24, 2.45) is 17.6 Å². The second-order valence-electron chi connectivity index (χ2n) is 7.95. The fourth-order valence-electron chi connectivity index (χ4n) is 4.79. The largest absolute Gasteiger partial charge is 0.451 e. The van der Waals surface area contributed by atoms with Crippen molar-refractivity contribution in [3.8, 4) is 0 Å². The number of nitrogens with two attached hydrogens (primary N) is 1. The van der Waals surface area contributed by atoms with E-state index in [4.69, 9.17) is 5.73 Å². The predicted octanol–water partition coefficient (Wildman–Crippen LogP) is 3.63. The van der Waals surface area contributed by atoms with Gasteiger partial charge in [0.2, 0.25) is 5.82 Å². The number of nitrogens with zero attached hydrogens (tertiary/aromatic N) is 4. The molecule has 2 aliphatic carbocycles. The van der Waals surface area contributed by atoms with Crippen molar-refractivity contribution >= 4 is 0 Å². The first-order valence-corrected chi connectivity index (χ1v) is 9.55. The van der Waals surface area contributed by atoms with E-state index in [1.807, 2.05) is 4.90 Å². The predicted molar refractivity (Wildman–Crippen MR) is 91.1 cm³/mol. The Hall–Kier alpha value is -1.88. The molecule has 2 N–H and O–H groups in total. The van der Waals surface area contributed by atoms with Gasteiger partial charge in [-0.3, -0.25) is 4.90 Å². The van der Waals surface area contributed by atoms with Crippen LogP contribution in [0.25, 0.3) is 0 Å². The molecule has 1 aromatic heterocycles. The molecule has 1 fully saturated rings. The van der Waals surface area contributed by atoms with Crippen LogP contribution < -0.4 is 5.73 Å². The second kappa shape index (κ2) is 7.42. The van der Waals surface area contributed by atoms with Crippen molar-refractivity contribution < 1.29 is 26.3 Å². The standard InChI is InChI=1S/C18H21F6N5/c19-12-7-14(21)13(20)6-11(12)10-2-1-9(5-15(10)25)28-3-4-29-16(8-28)26-27-17(29)18(22,23)24/h7,9-11,15H,1-6,8,25H2/t9-,10?,11+,15-/m0/s1. The average molecular weight is 421 g/mol. The van der Waals surface area contributed by atoms with Gasteiger partial charge in [-0.15, -0.1) is 10.2 Å². The Morgan fingerprint density at radius 3 is 2.52 bits per heavy atom. The zero-order valence-corrected chi connectivity index (χ0v) is 15.5. The van der Waals surface area contributed by atoms with E-state index < -0.39 is 41.4 Å². The minimum Gasteiger partial charge on any atom is -0.327 e. The lowest BCUT2D eigenvalue weighted by molar-refractivity contribution is -0.148. The Balaban J connectivity index is 1.41. The quantitative estimate of drug-likeness (QED) is 0.741. The van der Waals surface area contributed by atoms with Crippen LogP contribution in [0.15, 0.2) is 23.6 Å². The normalized spacial score (nSPS) is 31.6. The maximum atomic E-state index is 14.2. The summed E-state index contributed by atoms with van der Waals surface area (Å²) in [5, 5.41) is 6.96. The van der Waals surface area contributed by atoms with E-state index in [-0.39, 0.29) is 37.3 Å². The van der Waals surface area contributed by atoms with Gasteiger partial charge < -0.3 is 10.3 Å². The van der Waals surface area contributed by atoms with E-state index in [2.05, 4.69) is 10.2 Å². The van der Waals surface area contributed by atoms with Crippen LogP contribution in [0, 0.1) is 11.8 Å². The molecule has 0 saturated heterocycles. The summed E-state index contributed by atoms with van der Waals surface area (Å²) in [6.07, 6.45) is -2.60. The zero-order chi connectivity index (χ0) is 20.9. The van der Waals surface area contributed by atoms with Crippen molar-refractivity contribution in [3.63, 3.8) is 0 Å². The molecule has 1 saturated carbocycles. The lowest BCUT2D eigenvalue weighted by atomic mass is 9.72. The van der Waals surface area contributed by atoms with Crippen LogP contribution in [-0.2, 0) is 19.3 Å². The fraction of sp³-hybridized carbons (Fsp3) is 0.667. The summed E-state index contributed by atoms with van der Waals surface area (Å²) >= 11 is 0. The number of hydrogen-bond donors (Lipinski definition) is 1. The highest BCUT2D eigenvalue weighted by atomic mass is 19.4. The third-order valence-electron chi connectivity index (χ3n) is 6.27. The highest BCUT2D eigenvalue weighted by Gasteiger charge is 2.42. The molecule has 29 heavy (non-hydrogen) atoms. The van der Waals surface area contributed by atoms with Crippen LogP contribution in [0.5, 0.6) is 0 Å². The van der Waals surface area contributed by atoms with Gasteiger partial charge in [0, 0.05) is 43.6 Å². The van der Waals surface area contributed by atoms with Crippen molar-refractivity contribution in [2.75, 3.05) is 6.54 Å². The van der Waals surface area contributed by atoms with Crippen LogP contribution in [0.2, 0.25) is 0 Å². The van der Waals surface area contributed by atoms with E-state index in [9.17, 15) is 26.3 Å². The van der Waals surface area contributed by atoms with Gasteiger partial charge in [0.25, 0.3) is 0 Å². The van der Waals surface area contributed by atoms with Crippen LogP contribution in [0.3, 0.4) is 0 Å². The number of allylic oxidation sites excluding steroid dienone is 4. The van der Waals surface area contributed by atoms with Crippen molar-refractivity contribution in [2.45, 2.75) is 57.0 Å². The molecule has 5 nitrogen and oxygen atoms in total. The molecule has 0 bridgehead atoms. The van der Waals surface area contributed by atoms with E-state index in [1.165, 1.54) is 0 Å². The van der Waals surface area contributed by atoms with E-state index in [0.29, 0.717) is 31.9 Å². The van der Waals surface area contributed by atoms with Crippen LogP contribution in [0.4, 0.5) is 26.3 Å². The fourth-order valence-corrected chi connectivity index (χ4v) is 4.79. The first-order valence-electron chi connectivity index (χ1n) is 9.55. The van der Waals surface area contributed by atoms with Gasteiger partial charge in [0.1, 0.15) is 17.5 Å². The zero-order valence-electron chi connectivity index (χ0n) is 15.5. The number of rotatable bonds is 2. The third-order valence-corrected chi connectivity index (χ3v) is 6.27. The molecule has 4 rings (SSSR count). The molecule has 1 unspecified atom stereocenters. The number of halogens is 6. The minimum atomic E-state index is -4.55. The van der Waals surface area contributed by atoms with Gasteiger partial charge in [-0.05, 0) is 25.2 Å². The molecule has 3 aliphatic rings. The third kappa shape index (κ3) is 3.81. The minimum absolute atomic E-state index is 0.00814. The van der Waals surface area contributed by atoms with Crippen LogP contribution >= 0.6 is 0 Å². The van der Waals surface area contributed by atoms with Crippen LogP contribution in [-0.4, -0.2) is 38.3 Å². The molecule has 0 aromatic carbocycles. The second-order valence-corrected chi connectivity index (χ2v) is 7.95. The summed E-state index contributed by atoms with van der Waals surface area (Å²) in [5.74, 6) is -4.64. The van der Waals surface area contributed by atoms with Gasteiger partial charge in [0.05, 0.1) is 6.54 Å². The lowest BCUT2D eigenvalue weighted by Crippen LogP contribution is -2.50. The van der Waals surface area contributed by atoms with E-state index >= 15 is 0 Å². The molecule has 0 spiro atoms. The summed E-state index contributed by atoms with van der Waals surface area (Å²) < 4.78 is 81.1. The summed E-state index contributed by atoms with van der Waals surface area (Å²) in [5.41, 5.74) is 6.27. The Morgan fingerprint density at radius 1 is 1.07 bits per heavy atom. The molecule has 1 aromatic rings. The van der Waals surface area contributed by atoms with E-state index in [1.54, 1.807) is 0 Å². The number of aromatic nitrogens is 3. The summed E-state index contributed by atoms with van der Waals surface area (Å²) in [4.78, 5) is 2.02. The topological polar surface area (TPSA) is 60.0 Å². The van der Waals surface area contributed by atoms with Crippen molar-refractivity contribution in [1.29, 1.82) is 0 Å². The Bertz CT molecular complexity index is 844. The SMILES string of the molecule is N[C@H]1C[C@@H](N2CCn3c(nnc3C(F)(F)F)C2)CCC1[C@H]1CC(F)=C(F)C=C1F. The van der Waals surface area contributed by atoms with Crippen LogP contribution in [0.1, 0.15) is 37.3 Å². The molecule has 11 heteroatoms. The van der Waals surface area contributed by atoms with Crippen molar-refractivity contribution in [3.05, 3.63) is 35.2 Å². The maximum absolute atomic E-state index is 14.2. The summed E-state index contributed by atoms with van der Waals surface area (Å²) in [6.45, 7) is 0.753. The van der Waals surface area contributed by atoms with Gasteiger partial charge in [-0.25, -0.2) is 13.2 Å². The molecular weight excluding hydrogens is 400 g/mol. The molecular formula is C18H21F6N5. The molecule has 1 aliphatic heterocycles. The maximum Gasteiger partial charge on any atom is 0.451 e. The smallest absolute Gasteiger partial charge is 0.327 e. The van der Waals surface area contributed by atoms with Gasteiger partial charge >= 0.3 is 6.18 Å². The number of fused-ring (bicyclic) bond motifs is 1. The molecule has 0 amide bonds. The van der Waals surface area contributed by atoms with Gasteiger partial charge in [-0.2, -0.15) is 13.2 Å². The number of alkyl halides is 3. The Labute approximate surface area is 163 Å². The lowest BCUT2D eigenvalue weighted by Gasteiger charge is -2.43. The van der Waals surface area contributed by atoms with Crippen molar-refractivity contribution in [1.82, 2.24) is 19.7 Å². The van der Waals surface area contributed by atoms with E-state index in [0.717, 1.165) is 4.57 Å². The molecule has 0 radical (unpaired) electrons.